The number of aldehydes is 1. The van der Waals surface area contributed by atoms with E-state index < -0.39 is 6.09 Å². The summed E-state index contributed by atoms with van der Waals surface area (Å²) in [5.41, 5.74) is 3.34. The van der Waals surface area contributed by atoms with Crippen LogP contribution in [0.15, 0.2) is 53.5 Å². The van der Waals surface area contributed by atoms with E-state index in [1.807, 2.05) is 24.3 Å². The van der Waals surface area contributed by atoms with Gasteiger partial charge in [-0.15, -0.1) is 0 Å². The topological polar surface area (TPSA) is 84.8 Å². The minimum Gasteiger partial charge on any atom is -0.449 e. The molecule has 122 valence electrons. The Kier molecular flexibility index (Phi) is 6.44. The van der Waals surface area contributed by atoms with Gasteiger partial charge in [0.2, 0.25) is 6.08 Å². The molecule has 2 rings (SSSR count). The summed E-state index contributed by atoms with van der Waals surface area (Å²) in [6.07, 6.45) is 2.51. The number of aliphatic imine (C=N–C) groups is 1. The number of amides is 1. The fraction of sp³-hybridized carbons (Fsp3) is 0.167. The summed E-state index contributed by atoms with van der Waals surface area (Å²) in [5.74, 6) is 0. The van der Waals surface area contributed by atoms with Crippen molar-refractivity contribution < 1.29 is 19.1 Å². The van der Waals surface area contributed by atoms with E-state index in [1.54, 1.807) is 24.3 Å². The third kappa shape index (κ3) is 5.51. The van der Waals surface area contributed by atoms with E-state index in [-0.39, 0.29) is 13.0 Å². The number of carbonyl (C=O) groups is 2. The summed E-state index contributed by atoms with van der Waals surface area (Å²) in [6, 6.07) is 14.7. The predicted octanol–water partition coefficient (Wildman–Crippen LogP) is 3.38. The Labute approximate surface area is 139 Å². The molecule has 6 nitrogen and oxygen atoms in total. The van der Waals surface area contributed by atoms with Crippen molar-refractivity contribution in [3.63, 3.8) is 0 Å². The first-order chi connectivity index (χ1) is 11.7. The van der Waals surface area contributed by atoms with Crippen molar-refractivity contribution in [2.75, 3.05) is 11.9 Å². The maximum absolute atomic E-state index is 11.5. The van der Waals surface area contributed by atoms with E-state index in [0.29, 0.717) is 17.7 Å². The van der Waals surface area contributed by atoms with E-state index in [1.165, 1.54) is 6.08 Å². The smallest absolute Gasteiger partial charge is 0.411 e. The molecule has 0 fully saturated rings. The van der Waals surface area contributed by atoms with Crippen molar-refractivity contribution in [3.05, 3.63) is 59.7 Å². The number of benzene rings is 2. The zero-order valence-corrected chi connectivity index (χ0v) is 12.9. The lowest BCUT2D eigenvalue weighted by molar-refractivity contribution is -0.108. The number of nitrogens with zero attached hydrogens (tertiary/aromatic N) is 1. The summed E-state index contributed by atoms with van der Waals surface area (Å²) < 4.78 is 4.83. The van der Waals surface area contributed by atoms with E-state index in [0.717, 1.165) is 17.5 Å². The van der Waals surface area contributed by atoms with Crippen LogP contribution in [0.5, 0.6) is 0 Å². The van der Waals surface area contributed by atoms with Crippen molar-refractivity contribution >= 4 is 29.8 Å². The number of hydrogen-bond acceptors (Lipinski definition) is 5. The highest BCUT2D eigenvalue weighted by atomic mass is 16.5. The molecule has 0 aromatic heterocycles. The molecule has 0 unspecified atom stereocenters. The fourth-order valence-corrected chi connectivity index (χ4v) is 2.04. The molecule has 2 aromatic rings. The number of isocyanates is 1. The van der Waals surface area contributed by atoms with Gasteiger partial charge in [0.25, 0.3) is 0 Å². The van der Waals surface area contributed by atoms with Gasteiger partial charge >= 0.3 is 6.09 Å². The van der Waals surface area contributed by atoms with Gasteiger partial charge in [-0.25, -0.2) is 9.59 Å². The van der Waals surface area contributed by atoms with Crippen LogP contribution in [0.4, 0.5) is 16.2 Å². The Bertz CT molecular complexity index is 733. The minimum absolute atomic E-state index is 0.0670. The molecule has 1 amide bonds. The van der Waals surface area contributed by atoms with Crippen molar-refractivity contribution in [2.24, 2.45) is 4.99 Å². The van der Waals surface area contributed by atoms with Gasteiger partial charge in [0.15, 0.2) is 0 Å². The highest BCUT2D eigenvalue weighted by molar-refractivity contribution is 5.84. The quantitative estimate of drug-likeness (QED) is 0.366. The minimum atomic E-state index is -0.587. The van der Waals surface area contributed by atoms with Crippen LogP contribution >= 0.6 is 0 Å². The van der Waals surface area contributed by atoms with Gasteiger partial charge in [0.05, 0.1) is 12.3 Å². The fourth-order valence-electron chi connectivity index (χ4n) is 2.04. The third-order valence-electron chi connectivity index (χ3n) is 3.19. The zero-order chi connectivity index (χ0) is 17.2. The molecule has 0 aliphatic carbocycles. The second-order valence-electron chi connectivity index (χ2n) is 4.96. The molecule has 0 radical (unpaired) electrons. The molecule has 0 aliphatic heterocycles. The predicted molar refractivity (Wildman–Crippen MR) is 89.1 cm³/mol. The van der Waals surface area contributed by atoms with Gasteiger partial charge in [-0.1, -0.05) is 24.3 Å². The van der Waals surface area contributed by atoms with E-state index >= 15 is 0 Å². The second kappa shape index (κ2) is 9.02. The number of nitrogens with one attached hydrogen (secondary N) is 1. The van der Waals surface area contributed by atoms with Crippen molar-refractivity contribution in [3.8, 4) is 0 Å². The highest BCUT2D eigenvalue weighted by Gasteiger charge is 2.03. The Morgan fingerprint density at radius 3 is 2.29 bits per heavy atom. The number of ether oxygens (including phenoxy) is 1. The van der Waals surface area contributed by atoms with E-state index in [2.05, 4.69) is 10.3 Å². The number of rotatable bonds is 7. The summed E-state index contributed by atoms with van der Waals surface area (Å²) in [5, 5.41) is 2.59. The van der Waals surface area contributed by atoms with Gasteiger partial charge < -0.3 is 9.53 Å². The van der Waals surface area contributed by atoms with Gasteiger partial charge in [0.1, 0.15) is 6.29 Å². The molecule has 1 N–H and O–H groups in total. The molecule has 0 spiro atoms. The van der Waals surface area contributed by atoms with Gasteiger partial charge in [-0.2, -0.15) is 4.99 Å². The molecule has 24 heavy (non-hydrogen) atoms. The van der Waals surface area contributed by atoms with Crippen LogP contribution in [0.25, 0.3) is 0 Å². The molecule has 0 saturated carbocycles. The summed E-state index contributed by atoms with van der Waals surface area (Å²) in [6.45, 7) is 0.0670. The molecule has 0 aliphatic rings. The lowest BCUT2D eigenvalue weighted by Gasteiger charge is -2.07. The van der Waals surface area contributed by atoms with Gasteiger partial charge in [0, 0.05) is 12.1 Å². The number of carbonyl (C=O) groups excluding carboxylic acids is 3. The molecule has 0 atom stereocenters. The average Bonchev–Trinajstić information content (AvgIpc) is 2.59. The average molecular weight is 324 g/mol. The second-order valence-corrected chi connectivity index (χ2v) is 4.96. The molecule has 6 heteroatoms. The van der Waals surface area contributed by atoms with Crippen LogP contribution in [-0.4, -0.2) is 25.1 Å². The first-order valence-electron chi connectivity index (χ1n) is 7.34. The molecule has 0 bridgehead atoms. The lowest BCUT2D eigenvalue weighted by atomic mass is 10.0. The normalized spacial score (nSPS) is 9.67. The van der Waals surface area contributed by atoms with Crippen LogP contribution in [-0.2, 0) is 20.7 Å². The Hall–Kier alpha value is -3.24. The summed E-state index contributed by atoms with van der Waals surface area (Å²) >= 11 is 0. The van der Waals surface area contributed by atoms with Crippen molar-refractivity contribution in [2.45, 2.75) is 12.8 Å². The van der Waals surface area contributed by atoms with E-state index in [9.17, 15) is 14.4 Å². The Balaban J connectivity index is 1.90. The van der Waals surface area contributed by atoms with Crippen LogP contribution < -0.4 is 5.32 Å². The largest absolute Gasteiger partial charge is 0.449 e. The number of hydrogen-bond donors (Lipinski definition) is 1. The molecule has 0 heterocycles. The van der Waals surface area contributed by atoms with E-state index in [4.69, 9.17) is 4.74 Å². The lowest BCUT2D eigenvalue weighted by Crippen LogP contribution is -2.14. The van der Waals surface area contributed by atoms with Crippen LogP contribution in [0.3, 0.4) is 0 Å². The SMILES string of the molecule is O=C=Nc1ccc(Cc2ccc(NC(=O)OCCC=O)cc2)cc1. The highest BCUT2D eigenvalue weighted by Crippen LogP contribution is 2.17. The molecule has 2 aromatic carbocycles. The third-order valence-corrected chi connectivity index (χ3v) is 3.19. The van der Waals surface area contributed by atoms with Crippen molar-refractivity contribution in [1.82, 2.24) is 0 Å². The van der Waals surface area contributed by atoms with Crippen molar-refractivity contribution in [1.29, 1.82) is 0 Å². The Morgan fingerprint density at radius 2 is 1.71 bits per heavy atom. The molecular weight excluding hydrogens is 308 g/mol. The maximum atomic E-state index is 11.5. The van der Waals surface area contributed by atoms with Gasteiger partial charge in [-0.05, 0) is 41.8 Å². The first-order valence-corrected chi connectivity index (χ1v) is 7.34. The Morgan fingerprint density at radius 1 is 1.08 bits per heavy atom. The summed E-state index contributed by atoms with van der Waals surface area (Å²) in [7, 11) is 0. The number of anilines is 1. The van der Waals surface area contributed by atoms with Crippen LogP contribution in [0.2, 0.25) is 0 Å². The zero-order valence-electron chi connectivity index (χ0n) is 12.9. The maximum Gasteiger partial charge on any atom is 0.411 e. The van der Waals surface area contributed by atoms with Crippen LogP contribution in [0.1, 0.15) is 17.5 Å². The molecule has 0 saturated heterocycles. The standard InChI is InChI=1S/C18H16N2O4/c21-10-1-11-24-18(23)20-17-8-4-15(5-9-17)12-14-2-6-16(7-3-14)19-13-22/h2-10H,1,11-12H2,(H,20,23). The molecular formula is C18H16N2O4. The first kappa shape index (κ1) is 17.1. The monoisotopic (exact) mass is 324 g/mol. The summed E-state index contributed by atoms with van der Waals surface area (Å²) in [4.78, 5) is 35.3. The van der Waals surface area contributed by atoms with Gasteiger partial charge in [-0.3, -0.25) is 5.32 Å². The van der Waals surface area contributed by atoms with Crippen LogP contribution in [0, 0.1) is 0 Å².